The molecule has 2 rings (SSSR count). The number of benzene rings is 1. The van der Waals surface area contributed by atoms with Gasteiger partial charge in [-0.15, -0.1) is 0 Å². The molecule has 1 aliphatic rings. The summed E-state index contributed by atoms with van der Waals surface area (Å²) in [6, 6.07) is 3.22. The van der Waals surface area contributed by atoms with Crippen LogP contribution in [0, 0.1) is 0 Å². The summed E-state index contributed by atoms with van der Waals surface area (Å²) >= 11 is 6.02. The fourth-order valence-electron chi connectivity index (χ4n) is 1.80. The maximum Gasteiger partial charge on any atom is 0.232 e. The molecule has 0 spiro atoms. The van der Waals surface area contributed by atoms with Crippen LogP contribution in [0.4, 0.5) is 11.4 Å². The molecular weight excluding hydrogens is 276 g/mol. The number of carbonyl (C=O) groups is 1. The number of fused-ring (bicyclic) bond motifs is 1. The summed E-state index contributed by atoms with van der Waals surface area (Å²) in [5.41, 5.74) is 1.82. The van der Waals surface area contributed by atoms with E-state index in [9.17, 15) is 13.2 Å². The number of nitrogens with one attached hydrogen (secondary N) is 1. The molecule has 98 valence electrons. The second-order valence-electron chi connectivity index (χ2n) is 4.10. The number of nitrogens with zero attached hydrogens (tertiary/aromatic N) is 1. The maximum absolute atomic E-state index is 11.5. The van der Waals surface area contributed by atoms with Gasteiger partial charge in [-0.1, -0.05) is 11.6 Å². The predicted molar refractivity (Wildman–Crippen MR) is 71.6 cm³/mol. The molecule has 1 aliphatic heterocycles. The fourth-order valence-corrected chi connectivity index (χ4v) is 2.70. The van der Waals surface area contributed by atoms with Crippen LogP contribution in [0.1, 0.15) is 12.5 Å². The van der Waals surface area contributed by atoms with E-state index in [-0.39, 0.29) is 23.1 Å². The molecule has 0 atom stereocenters. The van der Waals surface area contributed by atoms with E-state index in [0.29, 0.717) is 5.69 Å². The highest BCUT2D eigenvalue weighted by molar-refractivity contribution is 7.92. The zero-order valence-corrected chi connectivity index (χ0v) is 11.6. The highest BCUT2D eigenvalue weighted by Crippen LogP contribution is 2.35. The maximum atomic E-state index is 11.5. The lowest BCUT2D eigenvalue weighted by atomic mass is 10.1. The van der Waals surface area contributed by atoms with Gasteiger partial charge in [-0.05, 0) is 24.6 Å². The molecule has 0 aromatic heterocycles. The summed E-state index contributed by atoms with van der Waals surface area (Å²) in [6.07, 6.45) is 0.268. The molecule has 0 radical (unpaired) electrons. The highest BCUT2D eigenvalue weighted by atomic mass is 35.5. The Labute approximate surface area is 111 Å². The molecule has 1 amide bonds. The molecule has 0 fully saturated rings. The number of amides is 1. The summed E-state index contributed by atoms with van der Waals surface area (Å²) in [5.74, 6) is -0.0595. The molecule has 0 bridgehead atoms. The van der Waals surface area contributed by atoms with Crippen molar-refractivity contribution in [3.8, 4) is 0 Å². The van der Waals surface area contributed by atoms with Crippen LogP contribution in [0.5, 0.6) is 0 Å². The van der Waals surface area contributed by atoms with Crippen molar-refractivity contribution in [2.45, 2.75) is 13.3 Å². The van der Waals surface area contributed by atoms with E-state index in [1.807, 2.05) is 0 Å². The van der Waals surface area contributed by atoms with Crippen molar-refractivity contribution in [1.29, 1.82) is 0 Å². The summed E-state index contributed by atoms with van der Waals surface area (Å²) in [6.45, 7) is 1.54. The average Bonchev–Trinajstić information content (AvgIpc) is 2.56. The number of hydrogen-bond acceptors (Lipinski definition) is 3. The summed E-state index contributed by atoms with van der Waals surface area (Å²) in [7, 11) is -1.71. The lowest BCUT2D eigenvalue weighted by Gasteiger charge is -2.13. The van der Waals surface area contributed by atoms with Gasteiger partial charge in [-0.2, -0.15) is 0 Å². The molecule has 7 heteroatoms. The Morgan fingerprint density at radius 3 is 2.72 bits per heavy atom. The molecule has 0 saturated carbocycles. The Kier molecular flexibility index (Phi) is 3.25. The van der Waals surface area contributed by atoms with Crippen LogP contribution >= 0.6 is 11.6 Å². The molecule has 0 saturated heterocycles. The Bertz CT molecular complexity index is 613. The topological polar surface area (TPSA) is 66.5 Å². The van der Waals surface area contributed by atoms with Gasteiger partial charge in [0.25, 0.3) is 0 Å². The van der Waals surface area contributed by atoms with Crippen LogP contribution in [-0.4, -0.2) is 27.1 Å². The standard InChI is InChI=1S/C11H13ClN2O3S/c1-3-18(16,17)13-9-4-7-5-11(15)14(2)10(7)6-8(9)12/h4,6,13H,3,5H2,1-2H3. The van der Waals surface area contributed by atoms with Crippen molar-refractivity contribution in [1.82, 2.24) is 0 Å². The van der Waals surface area contributed by atoms with Crippen molar-refractivity contribution in [3.63, 3.8) is 0 Å². The molecule has 0 aliphatic carbocycles. The first-order chi connectivity index (χ1) is 8.34. The molecule has 1 N–H and O–H groups in total. The molecule has 1 aromatic rings. The number of anilines is 2. The fraction of sp³-hybridized carbons (Fsp3) is 0.364. The van der Waals surface area contributed by atoms with Gasteiger partial charge < -0.3 is 4.90 Å². The minimum absolute atomic E-state index is 0.0285. The number of sulfonamides is 1. The van der Waals surface area contributed by atoms with Crippen LogP contribution < -0.4 is 9.62 Å². The highest BCUT2D eigenvalue weighted by Gasteiger charge is 2.26. The third-order valence-corrected chi connectivity index (χ3v) is 4.49. The van der Waals surface area contributed by atoms with Crippen molar-refractivity contribution in [2.24, 2.45) is 0 Å². The third-order valence-electron chi connectivity index (χ3n) is 2.89. The second kappa shape index (κ2) is 4.44. The van der Waals surface area contributed by atoms with E-state index >= 15 is 0 Å². The minimum Gasteiger partial charge on any atom is -0.315 e. The van der Waals surface area contributed by atoms with Gasteiger partial charge in [0.1, 0.15) is 0 Å². The molecular formula is C11H13ClN2O3S. The van der Waals surface area contributed by atoms with Crippen molar-refractivity contribution in [2.75, 3.05) is 22.4 Å². The van der Waals surface area contributed by atoms with Crippen LogP contribution in [0.3, 0.4) is 0 Å². The monoisotopic (exact) mass is 288 g/mol. The largest absolute Gasteiger partial charge is 0.315 e. The van der Waals surface area contributed by atoms with Crippen molar-refractivity contribution < 1.29 is 13.2 Å². The lowest BCUT2D eigenvalue weighted by Crippen LogP contribution is -2.20. The number of hydrogen-bond donors (Lipinski definition) is 1. The molecule has 1 aromatic carbocycles. The summed E-state index contributed by atoms with van der Waals surface area (Å²) in [5, 5.41) is 0.285. The molecule has 1 heterocycles. The number of likely N-dealkylation sites (N-methyl/N-ethyl adjacent to an activating group) is 1. The van der Waals surface area contributed by atoms with Gasteiger partial charge in [0.15, 0.2) is 0 Å². The normalized spacial score (nSPS) is 14.8. The predicted octanol–water partition coefficient (Wildman–Crippen LogP) is 1.62. The van der Waals surface area contributed by atoms with Gasteiger partial charge in [0.05, 0.1) is 22.9 Å². The third kappa shape index (κ3) is 2.30. The SMILES string of the molecule is CCS(=O)(=O)Nc1cc2c(cc1Cl)N(C)C(=O)C2. The van der Waals surface area contributed by atoms with E-state index < -0.39 is 10.0 Å². The summed E-state index contributed by atoms with van der Waals surface area (Å²) in [4.78, 5) is 13.1. The van der Waals surface area contributed by atoms with Gasteiger partial charge in [-0.3, -0.25) is 9.52 Å². The first-order valence-corrected chi connectivity index (χ1v) is 7.46. The Morgan fingerprint density at radius 1 is 1.44 bits per heavy atom. The van der Waals surface area contributed by atoms with Crippen LogP contribution in [0.2, 0.25) is 5.02 Å². The Hall–Kier alpha value is -1.27. The Morgan fingerprint density at radius 2 is 2.11 bits per heavy atom. The number of carbonyl (C=O) groups excluding carboxylic acids is 1. The van der Waals surface area contributed by atoms with E-state index in [1.165, 1.54) is 4.90 Å². The number of rotatable bonds is 3. The minimum atomic E-state index is -3.37. The summed E-state index contributed by atoms with van der Waals surface area (Å²) < 4.78 is 25.4. The van der Waals surface area contributed by atoms with Gasteiger partial charge >= 0.3 is 0 Å². The molecule has 18 heavy (non-hydrogen) atoms. The zero-order valence-electron chi connectivity index (χ0n) is 10.0. The molecule has 0 unspecified atom stereocenters. The second-order valence-corrected chi connectivity index (χ2v) is 6.51. The first kappa shape index (κ1) is 13.2. The van der Waals surface area contributed by atoms with E-state index in [0.717, 1.165) is 11.3 Å². The van der Waals surface area contributed by atoms with E-state index in [1.54, 1.807) is 26.1 Å². The van der Waals surface area contributed by atoms with E-state index in [4.69, 9.17) is 11.6 Å². The van der Waals surface area contributed by atoms with Crippen LogP contribution in [-0.2, 0) is 21.2 Å². The van der Waals surface area contributed by atoms with Gasteiger partial charge in [-0.25, -0.2) is 8.42 Å². The lowest BCUT2D eigenvalue weighted by molar-refractivity contribution is -0.117. The quantitative estimate of drug-likeness (QED) is 0.919. The smallest absolute Gasteiger partial charge is 0.232 e. The van der Waals surface area contributed by atoms with Crippen LogP contribution in [0.15, 0.2) is 12.1 Å². The van der Waals surface area contributed by atoms with Gasteiger partial charge in [0, 0.05) is 12.7 Å². The zero-order chi connectivity index (χ0) is 13.5. The van der Waals surface area contributed by atoms with Crippen molar-refractivity contribution >= 4 is 38.9 Å². The number of halogens is 1. The Balaban J connectivity index is 2.42. The molecule has 5 nitrogen and oxygen atoms in total. The van der Waals surface area contributed by atoms with Crippen LogP contribution in [0.25, 0.3) is 0 Å². The average molecular weight is 289 g/mol. The van der Waals surface area contributed by atoms with Gasteiger partial charge in [0.2, 0.25) is 15.9 Å². The van der Waals surface area contributed by atoms with E-state index in [2.05, 4.69) is 4.72 Å². The van der Waals surface area contributed by atoms with Crippen molar-refractivity contribution in [3.05, 3.63) is 22.7 Å². The first-order valence-electron chi connectivity index (χ1n) is 5.43.